The summed E-state index contributed by atoms with van der Waals surface area (Å²) < 4.78 is 10.8. The van der Waals surface area contributed by atoms with E-state index in [1.54, 1.807) is 14.2 Å². The first kappa shape index (κ1) is 20.7. The van der Waals surface area contributed by atoms with Gasteiger partial charge in [-0.1, -0.05) is 29.8 Å². The van der Waals surface area contributed by atoms with Crippen molar-refractivity contribution in [2.45, 2.75) is 38.7 Å². The van der Waals surface area contributed by atoms with Gasteiger partial charge in [0.1, 0.15) is 0 Å². The fourth-order valence-electron chi connectivity index (χ4n) is 4.11. The second-order valence-electron chi connectivity index (χ2n) is 8.00. The van der Waals surface area contributed by atoms with Crippen LogP contribution >= 0.6 is 0 Å². The van der Waals surface area contributed by atoms with Gasteiger partial charge in [0.15, 0.2) is 11.5 Å². The number of ether oxygens (including phenoxy) is 2. The molecule has 28 heavy (non-hydrogen) atoms. The van der Waals surface area contributed by atoms with Crippen molar-refractivity contribution in [3.05, 3.63) is 58.7 Å². The standard InChI is InChI=1S/C24H33NO3/c1-17-7-9-18(10-8-17)11-13-25(2)12-5-6-19-14-20-15-22(27-3)23(28-4)16-21(20)24(19)26/h7-10,15-16,19,24,26H,5-6,11-14H2,1-4H3. The van der Waals surface area contributed by atoms with E-state index in [1.165, 1.54) is 16.7 Å². The number of methoxy groups -OCH3 is 2. The summed E-state index contributed by atoms with van der Waals surface area (Å²) in [6.07, 6.45) is 3.69. The molecule has 0 spiro atoms. The van der Waals surface area contributed by atoms with Crippen LogP contribution in [0.25, 0.3) is 0 Å². The molecule has 3 rings (SSSR count). The number of benzene rings is 2. The minimum atomic E-state index is -0.410. The summed E-state index contributed by atoms with van der Waals surface area (Å²) in [6, 6.07) is 12.8. The molecule has 4 nitrogen and oxygen atoms in total. The lowest BCUT2D eigenvalue weighted by molar-refractivity contribution is 0.114. The van der Waals surface area contributed by atoms with Crippen molar-refractivity contribution < 1.29 is 14.6 Å². The van der Waals surface area contributed by atoms with E-state index in [4.69, 9.17) is 9.47 Å². The van der Waals surface area contributed by atoms with Crippen LogP contribution in [0.15, 0.2) is 36.4 Å². The van der Waals surface area contributed by atoms with E-state index >= 15 is 0 Å². The maximum atomic E-state index is 10.8. The zero-order chi connectivity index (χ0) is 20.1. The molecule has 152 valence electrons. The van der Waals surface area contributed by atoms with Gasteiger partial charge < -0.3 is 19.5 Å². The van der Waals surface area contributed by atoms with Crippen LogP contribution in [0.3, 0.4) is 0 Å². The second kappa shape index (κ2) is 9.44. The molecule has 2 aromatic carbocycles. The minimum absolute atomic E-state index is 0.275. The number of hydrogen-bond donors (Lipinski definition) is 1. The fourth-order valence-corrected chi connectivity index (χ4v) is 4.11. The maximum Gasteiger partial charge on any atom is 0.161 e. The molecule has 0 bridgehead atoms. The van der Waals surface area contributed by atoms with Crippen molar-refractivity contribution in [2.75, 3.05) is 34.4 Å². The summed E-state index contributed by atoms with van der Waals surface area (Å²) in [5, 5.41) is 10.8. The molecule has 0 heterocycles. The molecule has 1 N–H and O–H groups in total. The van der Waals surface area contributed by atoms with Gasteiger partial charge in [0.2, 0.25) is 0 Å². The highest BCUT2D eigenvalue weighted by molar-refractivity contribution is 5.50. The third-order valence-corrected chi connectivity index (χ3v) is 5.91. The van der Waals surface area contributed by atoms with E-state index in [0.29, 0.717) is 5.75 Å². The van der Waals surface area contributed by atoms with Crippen LogP contribution in [0, 0.1) is 12.8 Å². The number of aliphatic hydroxyl groups excluding tert-OH is 1. The molecule has 4 heteroatoms. The van der Waals surface area contributed by atoms with Gasteiger partial charge in [0.05, 0.1) is 20.3 Å². The average Bonchev–Trinajstić information content (AvgIpc) is 3.01. The highest BCUT2D eigenvalue weighted by Gasteiger charge is 2.32. The number of fused-ring (bicyclic) bond motifs is 1. The van der Waals surface area contributed by atoms with E-state index in [2.05, 4.69) is 43.1 Å². The van der Waals surface area contributed by atoms with Crippen LogP contribution in [-0.2, 0) is 12.8 Å². The van der Waals surface area contributed by atoms with Gasteiger partial charge >= 0.3 is 0 Å². The Balaban J connectivity index is 1.46. The van der Waals surface area contributed by atoms with Crippen LogP contribution < -0.4 is 9.47 Å². The minimum Gasteiger partial charge on any atom is -0.493 e. The van der Waals surface area contributed by atoms with Gasteiger partial charge in [-0.05, 0) is 80.9 Å². The van der Waals surface area contributed by atoms with Gasteiger partial charge in [-0.15, -0.1) is 0 Å². The quantitative estimate of drug-likeness (QED) is 0.706. The Kier molecular flexibility index (Phi) is 6.97. The smallest absolute Gasteiger partial charge is 0.161 e. The van der Waals surface area contributed by atoms with Crippen molar-refractivity contribution in [3.8, 4) is 11.5 Å². The molecule has 0 amide bonds. The number of rotatable bonds is 9. The Hall–Kier alpha value is -2.04. The molecule has 0 saturated heterocycles. The zero-order valence-corrected chi connectivity index (χ0v) is 17.6. The predicted octanol–water partition coefficient (Wildman–Crippen LogP) is 4.17. The number of hydrogen-bond acceptors (Lipinski definition) is 4. The molecule has 1 aliphatic carbocycles. The molecule has 2 aromatic rings. The highest BCUT2D eigenvalue weighted by atomic mass is 16.5. The summed E-state index contributed by atoms with van der Waals surface area (Å²) >= 11 is 0. The SMILES string of the molecule is COc1cc2c(cc1OC)C(O)C(CCCN(C)CCc1ccc(C)cc1)C2. The predicted molar refractivity (Wildman–Crippen MR) is 113 cm³/mol. The monoisotopic (exact) mass is 383 g/mol. The Bertz CT molecular complexity index is 772. The van der Waals surface area contributed by atoms with Gasteiger partial charge in [-0.2, -0.15) is 0 Å². The van der Waals surface area contributed by atoms with Crippen molar-refractivity contribution in [1.82, 2.24) is 4.90 Å². The fraction of sp³-hybridized carbons (Fsp3) is 0.500. The summed E-state index contributed by atoms with van der Waals surface area (Å²) in [4.78, 5) is 2.39. The molecule has 0 aromatic heterocycles. The normalized spacial score (nSPS) is 18.4. The third-order valence-electron chi connectivity index (χ3n) is 5.91. The third kappa shape index (κ3) is 4.86. The summed E-state index contributed by atoms with van der Waals surface area (Å²) in [7, 11) is 5.47. The molecule has 0 radical (unpaired) electrons. The topological polar surface area (TPSA) is 41.9 Å². The molecule has 1 aliphatic rings. The molecule has 0 saturated carbocycles. The lowest BCUT2D eigenvalue weighted by Gasteiger charge is -2.19. The molecular formula is C24H33NO3. The zero-order valence-electron chi connectivity index (χ0n) is 17.6. The van der Waals surface area contributed by atoms with E-state index in [9.17, 15) is 5.11 Å². The number of aryl methyl sites for hydroxylation is 1. The first-order valence-corrected chi connectivity index (χ1v) is 10.2. The lowest BCUT2D eigenvalue weighted by Crippen LogP contribution is -2.23. The molecule has 0 aliphatic heterocycles. The Morgan fingerprint density at radius 2 is 1.71 bits per heavy atom. The summed E-state index contributed by atoms with van der Waals surface area (Å²) in [5.41, 5.74) is 4.88. The van der Waals surface area contributed by atoms with Crippen LogP contribution in [0.2, 0.25) is 0 Å². The first-order chi connectivity index (χ1) is 13.5. The van der Waals surface area contributed by atoms with Crippen LogP contribution in [0.1, 0.15) is 41.2 Å². The lowest BCUT2D eigenvalue weighted by atomic mass is 9.97. The van der Waals surface area contributed by atoms with Gasteiger partial charge in [0.25, 0.3) is 0 Å². The molecule has 0 fully saturated rings. The van der Waals surface area contributed by atoms with E-state index < -0.39 is 6.10 Å². The van der Waals surface area contributed by atoms with Gasteiger partial charge in [-0.25, -0.2) is 0 Å². The summed E-state index contributed by atoms with van der Waals surface area (Å²) in [5.74, 6) is 1.71. The second-order valence-corrected chi connectivity index (χ2v) is 8.00. The first-order valence-electron chi connectivity index (χ1n) is 10.2. The number of aliphatic hydroxyl groups is 1. The molecule has 2 unspecified atom stereocenters. The van der Waals surface area contributed by atoms with Gasteiger partial charge in [-0.3, -0.25) is 0 Å². The van der Waals surface area contributed by atoms with Crippen LogP contribution in [0.5, 0.6) is 11.5 Å². The molecule has 2 atom stereocenters. The number of nitrogens with zero attached hydrogens (tertiary/aromatic N) is 1. The van der Waals surface area contributed by atoms with E-state index in [0.717, 1.165) is 50.1 Å². The Morgan fingerprint density at radius 3 is 2.39 bits per heavy atom. The van der Waals surface area contributed by atoms with Crippen LogP contribution in [-0.4, -0.2) is 44.4 Å². The largest absolute Gasteiger partial charge is 0.493 e. The van der Waals surface area contributed by atoms with Crippen molar-refractivity contribution in [2.24, 2.45) is 5.92 Å². The average molecular weight is 384 g/mol. The van der Waals surface area contributed by atoms with Crippen molar-refractivity contribution >= 4 is 0 Å². The van der Waals surface area contributed by atoms with Crippen molar-refractivity contribution in [1.29, 1.82) is 0 Å². The highest BCUT2D eigenvalue weighted by Crippen LogP contribution is 2.43. The Labute approximate surface area is 169 Å². The van der Waals surface area contributed by atoms with Crippen molar-refractivity contribution in [3.63, 3.8) is 0 Å². The molecular weight excluding hydrogens is 350 g/mol. The van der Waals surface area contributed by atoms with E-state index in [-0.39, 0.29) is 5.92 Å². The van der Waals surface area contributed by atoms with Gasteiger partial charge in [0, 0.05) is 6.54 Å². The van der Waals surface area contributed by atoms with E-state index in [1.807, 2.05) is 12.1 Å². The summed E-state index contributed by atoms with van der Waals surface area (Å²) in [6.45, 7) is 4.24. The Morgan fingerprint density at radius 1 is 1.04 bits per heavy atom. The maximum absolute atomic E-state index is 10.8. The number of likely N-dealkylation sites (N-methyl/N-ethyl adjacent to an activating group) is 1. The van der Waals surface area contributed by atoms with Crippen LogP contribution in [0.4, 0.5) is 0 Å².